The SMILES string of the molecule is CC(C)N(C/C(N)=N/O)C(=O)c1ccc(Cl)o1. The molecule has 0 saturated carbocycles. The third-order valence-electron chi connectivity index (χ3n) is 2.13. The van der Waals surface area contributed by atoms with Crippen LogP contribution in [0.1, 0.15) is 24.4 Å². The molecule has 3 N–H and O–H groups in total. The summed E-state index contributed by atoms with van der Waals surface area (Å²) in [6.07, 6.45) is 0. The van der Waals surface area contributed by atoms with Crippen LogP contribution in [0.2, 0.25) is 5.22 Å². The molecule has 1 heterocycles. The van der Waals surface area contributed by atoms with E-state index in [0.717, 1.165) is 0 Å². The zero-order valence-electron chi connectivity index (χ0n) is 9.55. The fourth-order valence-electron chi connectivity index (χ4n) is 1.27. The number of halogens is 1. The summed E-state index contributed by atoms with van der Waals surface area (Å²) in [6, 6.07) is 2.84. The Balaban J connectivity index is 2.88. The van der Waals surface area contributed by atoms with Crippen LogP contribution < -0.4 is 5.73 Å². The van der Waals surface area contributed by atoms with Gasteiger partial charge >= 0.3 is 0 Å². The number of carbonyl (C=O) groups excluding carboxylic acids is 1. The van der Waals surface area contributed by atoms with Gasteiger partial charge in [0.15, 0.2) is 16.8 Å². The minimum absolute atomic E-state index is 0.0192. The fraction of sp³-hybridized carbons (Fsp3) is 0.400. The minimum Gasteiger partial charge on any atom is -0.440 e. The fourth-order valence-corrected chi connectivity index (χ4v) is 1.41. The van der Waals surface area contributed by atoms with E-state index in [4.69, 9.17) is 27.0 Å². The Morgan fingerprint density at radius 3 is 2.71 bits per heavy atom. The lowest BCUT2D eigenvalue weighted by atomic mass is 10.2. The summed E-state index contributed by atoms with van der Waals surface area (Å²) in [5.41, 5.74) is 5.38. The Bertz CT molecular complexity index is 428. The highest BCUT2D eigenvalue weighted by Crippen LogP contribution is 2.16. The van der Waals surface area contributed by atoms with E-state index in [1.165, 1.54) is 17.0 Å². The highest BCUT2D eigenvalue weighted by molar-refractivity contribution is 6.29. The average Bonchev–Trinajstić information content (AvgIpc) is 2.71. The monoisotopic (exact) mass is 259 g/mol. The Morgan fingerprint density at radius 1 is 1.65 bits per heavy atom. The normalized spacial score (nSPS) is 11.9. The Hall–Kier alpha value is -1.69. The van der Waals surface area contributed by atoms with Gasteiger partial charge in [-0.2, -0.15) is 0 Å². The maximum atomic E-state index is 12.0. The first-order valence-corrected chi connectivity index (χ1v) is 5.36. The summed E-state index contributed by atoms with van der Waals surface area (Å²) < 4.78 is 5.02. The van der Waals surface area contributed by atoms with Gasteiger partial charge in [-0.1, -0.05) is 5.16 Å². The highest BCUT2D eigenvalue weighted by Gasteiger charge is 2.22. The number of carbonyl (C=O) groups is 1. The van der Waals surface area contributed by atoms with Crippen molar-refractivity contribution in [2.45, 2.75) is 19.9 Å². The van der Waals surface area contributed by atoms with Crippen LogP contribution >= 0.6 is 11.6 Å². The maximum Gasteiger partial charge on any atom is 0.290 e. The molecular weight excluding hydrogens is 246 g/mol. The van der Waals surface area contributed by atoms with E-state index in [-0.39, 0.29) is 35.3 Å². The molecule has 0 aromatic carbocycles. The third kappa shape index (κ3) is 3.39. The zero-order chi connectivity index (χ0) is 13.0. The summed E-state index contributed by atoms with van der Waals surface area (Å²) in [7, 11) is 0. The van der Waals surface area contributed by atoms with Crippen LogP contribution in [-0.2, 0) is 0 Å². The van der Waals surface area contributed by atoms with Crippen molar-refractivity contribution < 1.29 is 14.4 Å². The molecule has 0 saturated heterocycles. The van der Waals surface area contributed by atoms with Crippen molar-refractivity contribution in [3.05, 3.63) is 23.1 Å². The summed E-state index contributed by atoms with van der Waals surface area (Å²) in [6.45, 7) is 3.64. The molecule has 1 rings (SSSR count). The number of rotatable bonds is 4. The molecule has 0 radical (unpaired) electrons. The molecule has 0 aliphatic carbocycles. The quantitative estimate of drug-likeness (QED) is 0.371. The highest BCUT2D eigenvalue weighted by atomic mass is 35.5. The smallest absolute Gasteiger partial charge is 0.290 e. The van der Waals surface area contributed by atoms with Gasteiger partial charge in [-0.05, 0) is 37.6 Å². The van der Waals surface area contributed by atoms with E-state index in [9.17, 15) is 4.79 Å². The zero-order valence-corrected chi connectivity index (χ0v) is 10.3. The second-order valence-corrected chi connectivity index (χ2v) is 4.09. The average molecular weight is 260 g/mol. The molecular formula is C10H14ClN3O3. The van der Waals surface area contributed by atoms with Gasteiger partial charge in [0.2, 0.25) is 0 Å². The Kier molecular flexibility index (Phi) is 4.39. The van der Waals surface area contributed by atoms with Crippen molar-refractivity contribution in [1.82, 2.24) is 4.90 Å². The molecule has 0 spiro atoms. The van der Waals surface area contributed by atoms with E-state index < -0.39 is 0 Å². The summed E-state index contributed by atoms with van der Waals surface area (Å²) in [5, 5.41) is 11.5. The van der Waals surface area contributed by atoms with Crippen molar-refractivity contribution in [2.75, 3.05) is 6.54 Å². The van der Waals surface area contributed by atoms with Crippen LogP contribution in [0.25, 0.3) is 0 Å². The molecule has 1 aromatic heterocycles. The lowest BCUT2D eigenvalue weighted by molar-refractivity contribution is 0.0702. The van der Waals surface area contributed by atoms with Crippen LogP contribution in [0.5, 0.6) is 0 Å². The van der Waals surface area contributed by atoms with Gasteiger partial charge in [-0.25, -0.2) is 0 Å². The molecule has 94 valence electrons. The van der Waals surface area contributed by atoms with E-state index in [0.29, 0.717) is 0 Å². The van der Waals surface area contributed by atoms with E-state index >= 15 is 0 Å². The number of oxime groups is 1. The molecule has 6 nitrogen and oxygen atoms in total. The van der Waals surface area contributed by atoms with Gasteiger partial charge in [0.1, 0.15) is 0 Å². The standard InChI is InChI=1S/C10H14ClN3O3/c1-6(2)14(5-9(12)13-16)10(15)7-3-4-8(11)17-7/h3-4,6,16H,5H2,1-2H3,(H2,12,13). The van der Waals surface area contributed by atoms with Gasteiger partial charge in [-0.3, -0.25) is 4.79 Å². The Labute approximate surface area is 104 Å². The summed E-state index contributed by atoms with van der Waals surface area (Å²) >= 11 is 5.60. The lowest BCUT2D eigenvalue weighted by Gasteiger charge is -2.24. The molecule has 0 unspecified atom stereocenters. The predicted molar refractivity (Wildman–Crippen MR) is 63.3 cm³/mol. The van der Waals surface area contributed by atoms with Crippen molar-refractivity contribution >= 4 is 23.3 Å². The Morgan fingerprint density at radius 2 is 2.29 bits per heavy atom. The minimum atomic E-state index is -0.362. The number of nitrogens with two attached hydrogens (primary N) is 1. The first-order valence-electron chi connectivity index (χ1n) is 4.98. The molecule has 0 bridgehead atoms. The second kappa shape index (κ2) is 5.58. The van der Waals surface area contributed by atoms with Gasteiger partial charge in [0.25, 0.3) is 5.91 Å². The van der Waals surface area contributed by atoms with Crippen LogP contribution in [0.3, 0.4) is 0 Å². The number of amides is 1. The van der Waals surface area contributed by atoms with Crippen LogP contribution in [0.15, 0.2) is 21.7 Å². The first kappa shape index (κ1) is 13.4. The summed E-state index contributed by atoms with van der Waals surface area (Å²) in [5.74, 6) is -0.294. The lowest BCUT2D eigenvalue weighted by Crippen LogP contribution is -2.42. The van der Waals surface area contributed by atoms with Crippen LogP contribution in [0, 0.1) is 0 Å². The maximum absolute atomic E-state index is 12.0. The van der Waals surface area contributed by atoms with Crippen molar-refractivity contribution in [1.29, 1.82) is 0 Å². The predicted octanol–water partition coefficient (Wildman–Crippen LogP) is 1.53. The number of hydrogen-bond acceptors (Lipinski definition) is 4. The van der Waals surface area contributed by atoms with Gasteiger partial charge in [0, 0.05) is 6.04 Å². The van der Waals surface area contributed by atoms with E-state index in [2.05, 4.69) is 5.16 Å². The second-order valence-electron chi connectivity index (χ2n) is 3.72. The number of amidine groups is 1. The first-order chi connectivity index (χ1) is 7.95. The van der Waals surface area contributed by atoms with Gasteiger partial charge < -0.3 is 20.3 Å². The topological polar surface area (TPSA) is 92.1 Å². The van der Waals surface area contributed by atoms with Gasteiger partial charge in [0.05, 0.1) is 6.54 Å². The number of furan rings is 1. The van der Waals surface area contributed by atoms with Crippen LogP contribution in [-0.4, -0.2) is 34.4 Å². The van der Waals surface area contributed by atoms with Gasteiger partial charge in [-0.15, -0.1) is 0 Å². The summed E-state index contributed by atoms with van der Waals surface area (Å²) in [4.78, 5) is 13.4. The van der Waals surface area contributed by atoms with Crippen molar-refractivity contribution in [3.63, 3.8) is 0 Å². The molecule has 0 atom stereocenters. The van der Waals surface area contributed by atoms with Crippen molar-refractivity contribution in [3.8, 4) is 0 Å². The molecule has 1 amide bonds. The molecule has 1 aromatic rings. The molecule has 0 fully saturated rings. The van der Waals surface area contributed by atoms with E-state index in [1.54, 1.807) is 0 Å². The molecule has 17 heavy (non-hydrogen) atoms. The number of hydrogen-bond donors (Lipinski definition) is 2. The molecule has 0 aliphatic heterocycles. The third-order valence-corrected chi connectivity index (χ3v) is 2.33. The number of nitrogens with zero attached hydrogens (tertiary/aromatic N) is 2. The molecule has 0 aliphatic rings. The van der Waals surface area contributed by atoms with Crippen molar-refractivity contribution in [2.24, 2.45) is 10.9 Å². The largest absolute Gasteiger partial charge is 0.440 e. The molecule has 7 heteroatoms. The van der Waals surface area contributed by atoms with Crippen LogP contribution in [0.4, 0.5) is 0 Å². The van der Waals surface area contributed by atoms with E-state index in [1.807, 2.05) is 13.8 Å².